The molecule has 2 atom stereocenters. The largest absolute Gasteiger partial charge is 0.493 e. The van der Waals surface area contributed by atoms with Crippen molar-refractivity contribution in [3.05, 3.63) is 29.3 Å². The molecule has 3 rings (SSSR count). The molecule has 0 amide bonds. The van der Waals surface area contributed by atoms with Gasteiger partial charge in [-0.1, -0.05) is 38.0 Å². The molecule has 0 saturated heterocycles. The van der Waals surface area contributed by atoms with E-state index in [1.807, 2.05) is 0 Å². The molecule has 2 nitrogen and oxygen atoms in total. The molecule has 110 valence electrons. The van der Waals surface area contributed by atoms with Gasteiger partial charge in [-0.15, -0.1) is 0 Å². The molecular formula is C18H27NO. The Morgan fingerprint density at radius 2 is 2.10 bits per heavy atom. The summed E-state index contributed by atoms with van der Waals surface area (Å²) in [5, 5.41) is 3.77. The monoisotopic (exact) mass is 273 g/mol. The van der Waals surface area contributed by atoms with E-state index in [-0.39, 0.29) is 0 Å². The van der Waals surface area contributed by atoms with Crippen molar-refractivity contribution in [3.8, 4) is 5.75 Å². The zero-order valence-corrected chi connectivity index (χ0v) is 12.7. The van der Waals surface area contributed by atoms with E-state index in [4.69, 9.17) is 4.74 Å². The van der Waals surface area contributed by atoms with Gasteiger partial charge in [0.25, 0.3) is 0 Å². The third-order valence-corrected chi connectivity index (χ3v) is 4.79. The number of fused-ring (bicyclic) bond motifs is 1. The first-order valence-corrected chi connectivity index (χ1v) is 8.38. The summed E-state index contributed by atoms with van der Waals surface area (Å²) in [7, 11) is 0. The van der Waals surface area contributed by atoms with Crippen LogP contribution in [0.3, 0.4) is 0 Å². The second kappa shape index (κ2) is 6.62. The minimum Gasteiger partial charge on any atom is -0.493 e. The van der Waals surface area contributed by atoms with E-state index < -0.39 is 0 Å². The fourth-order valence-corrected chi connectivity index (χ4v) is 3.78. The molecule has 1 aromatic carbocycles. The van der Waals surface area contributed by atoms with E-state index in [1.165, 1.54) is 61.8 Å². The maximum atomic E-state index is 6.03. The van der Waals surface area contributed by atoms with Gasteiger partial charge in [0.15, 0.2) is 0 Å². The van der Waals surface area contributed by atoms with Gasteiger partial charge < -0.3 is 10.1 Å². The van der Waals surface area contributed by atoms with E-state index in [1.54, 1.807) is 0 Å². The molecule has 1 aliphatic heterocycles. The third kappa shape index (κ3) is 2.85. The lowest BCUT2D eigenvalue weighted by atomic mass is 9.78. The van der Waals surface area contributed by atoms with Gasteiger partial charge in [-0.3, -0.25) is 0 Å². The zero-order valence-electron chi connectivity index (χ0n) is 12.7. The SMILES string of the molecule is CCCNC1CCCCC1c1cccc2c1OCCC2. The van der Waals surface area contributed by atoms with E-state index in [0.717, 1.165) is 13.2 Å². The summed E-state index contributed by atoms with van der Waals surface area (Å²) in [5.74, 6) is 1.86. The lowest BCUT2D eigenvalue weighted by Gasteiger charge is -2.34. The number of hydrogen-bond acceptors (Lipinski definition) is 2. The molecule has 1 aromatic rings. The van der Waals surface area contributed by atoms with Gasteiger partial charge in [0.2, 0.25) is 0 Å². The molecule has 1 N–H and O–H groups in total. The van der Waals surface area contributed by atoms with Crippen LogP contribution in [0, 0.1) is 0 Å². The summed E-state index contributed by atoms with van der Waals surface area (Å²) in [5.41, 5.74) is 2.89. The van der Waals surface area contributed by atoms with Crippen molar-refractivity contribution in [1.29, 1.82) is 0 Å². The Hall–Kier alpha value is -1.02. The Morgan fingerprint density at radius 1 is 1.20 bits per heavy atom. The maximum Gasteiger partial charge on any atom is 0.126 e. The summed E-state index contributed by atoms with van der Waals surface area (Å²) >= 11 is 0. The minimum atomic E-state index is 0.640. The van der Waals surface area contributed by atoms with Crippen LogP contribution in [-0.4, -0.2) is 19.2 Å². The molecular weight excluding hydrogens is 246 g/mol. The third-order valence-electron chi connectivity index (χ3n) is 4.79. The van der Waals surface area contributed by atoms with E-state index in [9.17, 15) is 0 Å². The first kappa shape index (κ1) is 13.9. The van der Waals surface area contributed by atoms with Crippen molar-refractivity contribution in [2.75, 3.05) is 13.2 Å². The Morgan fingerprint density at radius 3 is 3.00 bits per heavy atom. The first-order chi connectivity index (χ1) is 9.90. The molecule has 20 heavy (non-hydrogen) atoms. The number of para-hydroxylation sites is 1. The quantitative estimate of drug-likeness (QED) is 0.894. The van der Waals surface area contributed by atoms with Crippen LogP contribution in [0.4, 0.5) is 0 Å². The van der Waals surface area contributed by atoms with Gasteiger partial charge in [-0.25, -0.2) is 0 Å². The van der Waals surface area contributed by atoms with Crippen LogP contribution in [0.25, 0.3) is 0 Å². The number of benzene rings is 1. The van der Waals surface area contributed by atoms with Crippen molar-refractivity contribution in [1.82, 2.24) is 5.32 Å². The van der Waals surface area contributed by atoms with Crippen LogP contribution < -0.4 is 10.1 Å². The molecule has 2 heteroatoms. The Kier molecular flexibility index (Phi) is 4.62. The summed E-state index contributed by atoms with van der Waals surface area (Å²) < 4.78 is 6.03. The van der Waals surface area contributed by atoms with Crippen LogP contribution in [0.15, 0.2) is 18.2 Å². The minimum absolute atomic E-state index is 0.640. The highest BCUT2D eigenvalue weighted by atomic mass is 16.5. The smallest absolute Gasteiger partial charge is 0.126 e. The number of hydrogen-bond donors (Lipinski definition) is 1. The standard InChI is InChI=1S/C18H27NO/c1-2-12-19-17-11-4-3-9-15(17)16-10-5-7-14-8-6-13-20-18(14)16/h5,7,10,15,17,19H,2-4,6,8-9,11-13H2,1H3. The molecule has 1 aliphatic carbocycles. The zero-order chi connectivity index (χ0) is 13.8. The predicted octanol–water partition coefficient (Wildman–Crippen LogP) is 4.04. The first-order valence-electron chi connectivity index (χ1n) is 8.38. The normalized spacial score (nSPS) is 25.9. The average molecular weight is 273 g/mol. The van der Waals surface area contributed by atoms with Crippen molar-refractivity contribution in [2.24, 2.45) is 0 Å². The molecule has 2 aliphatic rings. The Bertz CT molecular complexity index is 443. The molecule has 1 heterocycles. The Labute approximate surface area is 122 Å². The fourth-order valence-electron chi connectivity index (χ4n) is 3.78. The topological polar surface area (TPSA) is 21.3 Å². The Balaban J connectivity index is 1.85. The molecule has 0 bridgehead atoms. The van der Waals surface area contributed by atoms with Crippen molar-refractivity contribution >= 4 is 0 Å². The van der Waals surface area contributed by atoms with Crippen LogP contribution in [0.1, 0.15) is 62.5 Å². The lowest BCUT2D eigenvalue weighted by Crippen LogP contribution is -2.38. The molecule has 2 unspecified atom stereocenters. The van der Waals surface area contributed by atoms with E-state index >= 15 is 0 Å². The van der Waals surface area contributed by atoms with Crippen LogP contribution in [0.5, 0.6) is 5.75 Å². The number of rotatable bonds is 4. The van der Waals surface area contributed by atoms with Gasteiger partial charge in [0.05, 0.1) is 6.61 Å². The highest BCUT2D eigenvalue weighted by Gasteiger charge is 2.29. The predicted molar refractivity (Wildman–Crippen MR) is 83.5 cm³/mol. The van der Waals surface area contributed by atoms with E-state index in [0.29, 0.717) is 12.0 Å². The molecule has 1 saturated carbocycles. The lowest BCUT2D eigenvalue weighted by molar-refractivity contribution is 0.271. The van der Waals surface area contributed by atoms with Crippen molar-refractivity contribution < 1.29 is 4.74 Å². The van der Waals surface area contributed by atoms with Gasteiger partial charge in [-0.2, -0.15) is 0 Å². The van der Waals surface area contributed by atoms with Crippen LogP contribution in [0.2, 0.25) is 0 Å². The van der Waals surface area contributed by atoms with Gasteiger partial charge in [0, 0.05) is 12.0 Å². The summed E-state index contributed by atoms with van der Waals surface area (Å²) in [6.07, 6.45) is 8.91. The van der Waals surface area contributed by atoms with Gasteiger partial charge in [-0.05, 0) is 49.8 Å². The fraction of sp³-hybridized carbons (Fsp3) is 0.667. The summed E-state index contributed by atoms with van der Waals surface area (Å²) in [6, 6.07) is 7.42. The van der Waals surface area contributed by atoms with E-state index in [2.05, 4.69) is 30.4 Å². The molecule has 0 radical (unpaired) electrons. The molecule has 0 spiro atoms. The van der Waals surface area contributed by atoms with Crippen LogP contribution in [-0.2, 0) is 6.42 Å². The molecule has 0 aromatic heterocycles. The maximum absolute atomic E-state index is 6.03. The summed E-state index contributed by atoms with van der Waals surface area (Å²) in [6.45, 7) is 4.28. The number of nitrogens with one attached hydrogen (secondary N) is 1. The van der Waals surface area contributed by atoms with Gasteiger partial charge in [0.1, 0.15) is 5.75 Å². The summed E-state index contributed by atoms with van der Waals surface area (Å²) in [4.78, 5) is 0. The second-order valence-electron chi connectivity index (χ2n) is 6.24. The number of ether oxygens (including phenoxy) is 1. The van der Waals surface area contributed by atoms with Crippen molar-refractivity contribution in [3.63, 3.8) is 0 Å². The van der Waals surface area contributed by atoms with Gasteiger partial charge >= 0.3 is 0 Å². The second-order valence-corrected chi connectivity index (χ2v) is 6.24. The van der Waals surface area contributed by atoms with Crippen molar-refractivity contribution in [2.45, 2.75) is 63.8 Å². The average Bonchev–Trinajstić information content (AvgIpc) is 2.53. The highest BCUT2D eigenvalue weighted by molar-refractivity contribution is 5.45. The molecule has 1 fully saturated rings. The highest BCUT2D eigenvalue weighted by Crippen LogP contribution is 2.40. The van der Waals surface area contributed by atoms with Crippen LogP contribution >= 0.6 is 0 Å². The number of aryl methyl sites for hydroxylation is 1.